The highest BCUT2D eigenvalue weighted by Crippen LogP contribution is 2.23. The lowest BCUT2D eigenvalue weighted by molar-refractivity contribution is -0.137. The Morgan fingerprint density at radius 1 is 1.53 bits per heavy atom. The van der Waals surface area contributed by atoms with Gasteiger partial charge in [-0.2, -0.15) is 0 Å². The number of nitrogens with zero attached hydrogens (tertiary/aromatic N) is 2. The summed E-state index contributed by atoms with van der Waals surface area (Å²) in [6, 6.07) is 4.03. The summed E-state index contributed by atoms with van der Waals surface area (Å²) >= 11 is 0. The molecule has 0 amide bonds. The summed E-state index contributed by atoms with van der Waals surface area (Å²) in [4.78, 5) is 15.3. The summed E-state index contributed by atoms with van der Waals surface area (Å²) in [6.45, 7) is 5.89. The van der Waals surface area contributed by atoms with Gasteiger partial charge in [0, 0.05) is 17.8 Å². The number of pyridine rings is 1. The predicted molar refractivity (Wildman–Crippen MR) is 65.3 cm³/mol. The summed E-state index contributed by atoms with van der Waals surface area (Å²) in [5, 5.41) is 8.82. The normalized spacial score (nSPS) is 12.9. The third kappa shape index (κ3) is 2.16. The van der Waals surface area contributed by atoms with Crippen LogP contribution in [0.3, 0.4) is 0 Å². The number of aromatic nitrogens is 2. The zero-order valence-electron chi connectivity index (χ0n) is 10.3. The van der Waals surface area contributed by atoms with Gasteiger partial charge in [-0.3, -0.25) is 4.79 Å². The molecule has 17 heavy (non-hydrogen) atoms. The van der Waals surface area contributed by atoms with Gasteiger partial charge in [0.25, 0.3) is 0 Å². The minimum Gasteiger partial charge on any atom is -0.481 e. The second kappa shape index (κ2) is 4.20. The van der Waals surface area contributed by atoms with Crippen molar-refractivity contribution in [2.75, 3.05) is 0 Å². The number of aliphatic carboxylic acids is 1. The Balaban J connectivity index is 2.48. The fraction of sp³-hybridized carbons (Fsp3) is 0.385. The van der Waals surface area contributed by atoms with Crippen molar-refractivity contribution in [3.63, 3.8) is 0 Å². The van der Waals surface area contributed by atoms with E-state index in [1.165, 1.54) is 0 Å². The van der Waals surface area contributed by atoms with Crippen LogP contribution in [0.4, 0.5) is 0 Å². The summed E-state index contributed by atoms with van der Waals surface area (Å²) in [6.07, 6.45) is 2.09. The second-order valence-corrected chi connectivity index (χ2v) is 4.51. The predicted octanol–water partition coefficient (Wildman–Crippen LogP) is 2.53. The Morgan fingerprint density at radius 2 is 2.24 bits per heavy atom. The molecule has 4 nitrogen and oxygen atoms in total. The van der Waals surface area contributed by atoms with Gasteiger partial charge in [0.2, 0.25) is 0 Å². The number of carboxylic acid groups (broad SMARTS) is 1. The fourth-order valence-corrected chi connectivity index (χ4v) is 2.11. The number of hydrogen-bond donors (Lipinski definition) is 1. The lowest BCUT2D eigenvalue weighted by Gasteiger charge is -2.06. The maximum Gasteiger partial charge on any atom is 0.304 e. The Kier molecular flexibility index (Phi) is 2.88. The monoisotopic (exact) mass is 232 g/mol. The molecule has 2 aromatic rings. The highest BCUT2D eigenvalue weighted by molar-refractivity contribution is 5.68. The molecule has 1 unspecified atom stereocenters. The third-order valence-electron chi connectivity index (χ3n) is 3.00. The van der Waals surface area contributed by atoms with E-state index in [2.05, 4.69) is 4.98 Å². The number of rotatable bonds is 3. The average molecular weight is 232 g/mol. The molecule has 2 rings (SSSR count). The average Bonchev–Trinajstić information content (AvgIpc) is 2.54. The topological polar surface area (TPSA) is 54.6 Å². The van der Waals surface area contributed by atoms with Crippen molar-refractivity contribution in [2.45, 2.75) is 33.1 Å². The van der Waals surface area contributed by atoms with Crippen LogP contribution in [0, 0.1) is 13.8 Å². The SMILES string of the molecule is Cc1ccn2c(C)c(C(C)CC(=O)O)nc2c1. The van der Waals surface area contributed by atoms with E-state index in [4.69, 9.17) is 5.11 Å². The van der Waals surface area contributed by atoms with Gasteiger partial charge in [0.1, 0.15) is 5.65 Å². The molecule has 0 saturated carbocycles. The lowest BCUT2D eigenvalue weighted by atomic mass is 10.0. The molecule has 0 fully saturated rings. The van der Waals surface area contributed by atoms with Crippen molar-refractivity contribution < 1.29 is 9.90 Å². The molecule has 2 aromatic heterocycles. The van der Waals surface area contributed by atoms with E-state index in [0.717, 1.165) is 22.6 Å². The molecule has 0 aromatic carbocycles. The highest BCUT2D eigenvalue weighted by atomic mass is 16.4. The molecule has 0 aliphatic rings. The van der Waals surface area contributed by atoms with E-state index < -0.39 is 5.97 Å². The van der Waals surface area contributed by atoms with Gasteiger partial charge in [-0.25, -0.2) is 4.98 Å². The van der Waals surface area contributed by atoms with E-state index in [-0.39, 0.29) is 12.3 Å². The van der Waals surface area contributed by atoms with Crippen molar-refractivity contribution in [3.8, 4) is 0 Å². The van der Waals surface area contributed by atoms with E-state index in [0.29, 0.717) is 0 Å². The molecule has 2 heterocycles. The first kappa shape index (κ1) is 11.6. The fourth-order valence-electron chi connectivity index (χ4n) is 2.11. The summed E-state index contributed by atoms with van der Waals surface area (Å²) < 4.78 is 2.00. The van der Waals surface area contributed by atoms with Gasteiger partial charge < -0.3 is 9.51 Å². The van der Waals surface area contributed by atoms with Crippen LogP contribution < -0.4 is 0 Å². The van der Waals surface area contributed by atoms with Crippen molar-refractivity contribution in [1.29, 1.82) is 0 Å². The van der Waals surface area contributed by atoms with Crippen LogP contribution in [0.25, 0.3) is 5.65 Å². The Morgan fingerprint density at radius 3 is 2.88 bits per heavy atom. The van der Waals surface area contributed by atoms with Crippen LogP contribution in [0.2, 0.25) is 0 Å². The Labute approximate surface area is 99.9 Å². The molecule has 0 aliphatic heterocycles. The lowest BCUT2D eigenvalue weighted by Crippen LogP contribution is -2.04. The summed E-state index contributed by atoms with van der Waals surface area (Å²) in [7, 11) is 0. The van der Waals surface area contributed by atoms with Gasteiger partial charge in [-0.1, -0.05) is 6.92 Å². The number of carbonyl (C=O) groups is 1. The number of carboxylic acids is 1. The Bertz CT molecular complexity index is 572. The summed E-state index contributed by atoms with van der Waals surface area (Å²) in [5.41, 5.74) is 3.93. The molecule has 4 heteroatoms. The van der Waals surface area contributed by atoms with Crippen LogP contribution in [0.1, 0.15) is 36.2 Å². The largest absolute Gasteiger partial charge is 0.481 e. The van der Waals surface area contributed by atoms with Crippen molar-refractivity contribution in [3.05, 3.63) is 35.3 Å². The van der Waals surface area contributed by atoms with Gasteiger partial charge in [-0.15, -0.1) is 0 Å². The molecule has 1 N–H and O–H groups in total. The third-order valence-corrected chi connectivity index (χ3v) is 3.00. The van der Waals surface area contributed by atoms with Gasteiger partial charge in [0.05, 0.1) is 12.1 Å². The van der Waals surface area contributed by atoms with Crippen LogP contribution in [-0.2, 0) is 4.79 Å². The van der Waals surface area contributed by atoms with E-state index in [9.17, 15) is 4.79 Å². The molecule has 90 valence electrons. The Hall–Kier alpha value is -1.84. The molecule has 0 radical (unpaired) electrons. The van der Waals surface area contributed by atoms with Crippen LogP contribution >= 0.6 is 0 Å². The molecule has 0 spiro atoms. The zero-order valence-corrected chi connectivity index (χ0v) is 10.3. The standard InChI is InChI=1S/C13H16N2O2/c1-8-4-5-15-10(3)13(14-11(15)6-8)9(2)7-12(16)17/h4-6,9H,7H2,1-3H3,(H,16,17). The number of fused-ring (bicyclic) bond motifs is 1. The number of aryl methyl sites for hydroxylation is 2. The first-order chi connectivity index (χ1) is 7.99. The van der Waals surface area contributed by atoms with Crippen LogP contribution in [0.5, 0.6) is 0 Å². The van der Waals surface area contributed by atoms with Crippen LogP contribution in [-0.4, -0.2) is 20.5 Å². The maximum atomic E-state index is 10.7. The van der Waals surface area contributed by atoms with Gasteiger partial charge in [0.15, 0.2) is 0 Å². The van der Waals surface area contributed by atoms with E-state index >= 15 is 0 Å². The van der Waals surface area contributed by atoms with Crippen LogP contribution in [0.15, 0.2) is 18.3 Å². The summed E-state index contributed by atoms with van der Waals surface area (Å²) in [5.74, 6) is -0.849. The number of imidazole rings is 1. The zero-order chi connectivity index (χ0) is 12.6. The van der Waals surface area contributed by atoms with Crippen molar-refractivity contribution in [1.82, 2.24) is 9.38 Å². The minimum absolute atomic E-state index is 0.0623. The molecular formula is C13H16N2O2. The van der Waals surface area contributed by atoms with Gasteiger partial charge in [-0.05, 0) is 31.5 Å². The van der Waals surface area contributed by atoms with Gasteiger partial charge >= 0.3 is 5.97 Å². The highest BCUT2D eigenvalue weighted by Gasteiger charge is 2.17. The van der Waals surface area contributed by atoms with E-state index in [1.54, 1.807) is 0 Å². The van der Waals surface area contributed by atoms with Crippen molar-refractivity contribution >= 4 is 11.6 Å². The second-order valence-electron chi connectivity index (χ2n) is 4.51. The molecule has 0 aliphatic carbocycles. The number of hydrogen-bond acceptors (Lipinski definition) is 2. The van der Waals surface area contributed by atoms with Crippen molar-refractivity contribution in [2.24, 2.45) is 0 Å². The molecule has 1 atom stereocenters. The van der Waals surface area contributed by atoms with E-state index in [1.807, 2.05) is 43.5 Å². The maximum absolute atomic E-state index is 10.7. The molecular weight excluding hydrogens is 216 g/mol. The molecule has 0 saturated heterocycles. The smallest absolute Gasteiger partial charge is 0.304 e. The minimum atomic E-state index is -0.787. The first-order valence-electron chi connectivity index (χ1n) is 5.66. The molecule has 0 bridgehead atoms. The quantitative estimate of drug-likeness (QED) is 0.884. The first-order valence-corrected chi connectivity index (χ1v) is 5.66.